The largest absolute Gasteiger partial charge is 0.504 e. The van der Waals surface area contributed by atoms with Crippen LogP contribution in [-0.4, -0.2) is 16.1 Å². The summed E-state index contributed by atoms with van der Waals surface area (Å²) in [4.78, 5) is 11.8. The normalized spacial score (nSPS) is 10.2. The summed E-state index contributed by atoms with van der Waals surface area (Å²) >= 11 is 0. The monoisotopic (exact) mass is 261 g/mol. The molecule has 2 aromatic carbocycles. The van der Waals surface area contributed by atoms with Crippen LogP contribution >= 0.6 is 0 Å². The summed E-state index contributed by atoms with van der Waals surface area (Å²) in [5.74, 6) is -1.53. The van der Waals surface area contributed by atoms with Crippen LogP contribution in [0.1, 0.15) is 15.9 Å². The van der Waals surface area contributed by atoms with Crippen LogP contribution in [0.5, 0.6) is 11.5 Å². The predicted octanol–water partition coefficient (Wildman–Crippen LogP) is 2.17. The summed E-state index contributed by atoms with van der Waals surface area (Å²) < 4.78 is 13.3. The van der Waals surface area contributed by atoms with E-state index in [-0.39, 0.29) is 23.6 Å². The molecule has 0 unspecified atom stereocenters. The minimum absolute atomic E-state index is 0.0488. The van der Waals surface area contributed by atoms with Crippen molar-refractivity contribution in [2.24, 2.45) is 0 Å². The van der Waals surface area contributed by atoms with Crippen molar-refractivity contribution in [2.45, 2.75) is 6.54 Å². The van der Waals surface area contributed by atoms with Crippen LogP contribution in [-0.2, 0) is 6.54 Å². The van der Waals surface area contributed by atoms with E-state index in [0.29, 0.717) is 5.56 Å². The fraction of sp³-hybridized carbons (Fsp3) is 0.0714. The lowest BCUT2D eigenvalue weighted by atomic mass is 10.1. The Morgan fingerprint density at radius 1 is 1.11 bits per heavy atom. The first-order valence-corrected chi connectivity index (χ1v) is 5.61. The standard InChI is InChI=1S/C14H12FNO3/c15-11-4-2-1-3-10(11)8-16-14(19)9-5-6-12(17)13(18)7-9/h1-7,17-18H,8H2,(H,16,19). The predicted molar refractivity (Wildman–Crippen MR) is 67.3 cm³/mol. The van der Waals surface area contributed by atoms with Gasteiger partial charge in [-0.15, -0.1) is 0 Å². The van der Waals surface area contributed by atoms with E-state index < -0.39 is 11.7 Å². The summed E-state index contributed by atoms with van der Waals surface area (Å²) in [5.41, 5.74) is 0.561. The molecule has 0 aliphatic heterocycles. The zero-order chi connectivity index (χ0) is 13.8. The molecule has 0 aliphatic carbocycles. The van der Waals surface area contributed by atoms with E-state index in [9.17, 15) is 14.3 Å². The second-order valence-electron chi connectivity index (χ2n) is 3.98. The molecule has 0 atom stereocenters. The Kier molecular flexibility index (Phi) is 3.66. The van der Waals surface area contributed by atoms with Gasteiger partial charge in [-0.25, -0.2) is 4.39 Å². The molecule has 0 fully saturated rings. The Balaban J connectivity index is 2.05. The summed E-state index contributed by atoms with van der Waals surface area (Å²) in [6.45, 7) is 0.0488. The number of amides is 1. The van der Waals surface area contributed by atoms with Gasteiger partial charge in [0.25, 0.3) is 5.91 Å². The van der Waals surface area contributed by atoms with Gasteiger partial charge in [0.2, 0.25) is 0 Å². The number of aromatic hydroxyl groups is 2. The molecule has 0 saturated heterocycles. The fourth-order valence-electron chi connectivity index (χ4n) is 1.58. The molecule has 19 heavy (non-hydrogen) atoms. The highest BCUT2D eigenvalue weighted by molar-refractivity contribution is 5.94. The third kappa shape index (κ3) is 3.01. The van der Waals surface area contributed by atoms with Gasteiger partial charge in [0.05, 0.1) is 0 Å². The van der Waals surface area contributed by atoms with Gasteiger partial charge in [-0.05, 0) is 24.3 Å². The number of carbonyl (C=O) groups is 1. The molecule has 0 bridgehead atoms. The second kappa shape index (κ2) is 5.39. The van der Waals surface area contributed by atoms with Crippen molar-refractivity contribution in [1.29, 1.82) is 0 Å². The molecule has 0 heterocycles. The number of hydrogen-bond acceptors (Lipinski definition) is 3. The third-order valence-electron chi connectivity index (χ3n) is 2.63. The van der Waals surface area contributed by atoms with E-state index >= 15 is 0 Å². The van der Waals surface area contributed by atoms with Crippen LogP contribution in [0.15, 0.2) is 42.5 Å². The number of nitrogens with one attached hydrogen (secondary N) is 1. The maximum atomic E-state index is 13.3. The van der Waals surface area contributed by atoms with Crippen molar-refractivity contribution in [3.63, 3.8) is 0 Å². The highest BCUT2D eigenvalue weighted by Gasteiger charge is 2.09. The Morgan fingerprint density at radius 2 is 1.84 bits per heavy atom. The molecule has 2 aromatic rings. The SMILES string of the molecule is O=C(NCc1ccccc1F)c1ccc(O)c(O)c1. The number of rotatable bonds is 3. The smallest absolute Gasteiger partial charge is 0.251 e. The van der Waals surface area contributed by atoms with Crippen LogP contribution < -0.4 is 5.32 Å². The molecule has 2 rings (SSSR count). The minimum Gasteiger partial charge on any atom is -0.504 e. The third-order valence-corrected chi connectivity index (χ3v) is 2.63. The molecule has 3 N–H and O–H groups in total. The Labute approximate surface area is 109 Å². The van der Waals surface area contributed by atoms with Crippen molar-refractivity contribution in [3.8, 4) is 11.5 Å². The summed E-state index contributed by atoms with van der Waals surface area (Å²) in [6, 6.07) is 9.86. The molecule has 0 aromatic heterocycles. The molecular weight excluding hydrogens is 249 g/mol. The van der Waals surface area contributed by atoms with Gasteiger partial charge in [-0.3, -0.25) is 4.79 Å². The van der Waals surface area contributed by atoms with Crippen molar-refractivity contribution in [3.05, 3.63) is 59.4 Å². The molecule has 4 nitrogen and oxygen atoms in total. The van der Waals surface area contributed by atoms with Crippen molar-refractivity contribution >= 4 is 5.91 Å². The zero-order valence-electron chi connectivity index (χ0n) is 9.93. The first-order chi connectivity index (χ1) is 9.08. The van der Waals surface area contributed by atoms with E-state index in [4.69, 9.17) is 5.11 Å². The number of benzene rings is 2. The number of hydrogen-bond donors (Lipinski definition) is 3. The number of phenolic OH excluding ortho intramolecular Hbond substituents is 2. The van der Waals surface area contributed by atoms with Crippen molar-refractivity contribution < 1.29 is 19.4 Å². The fourth-order valence-corrected chi connectivity index (χ4v) is 1.58. The molecule has 0 aliphatic rings. The van der Waals surface area contributed by atoms with E-state index in [1.807, 2.05) is 0 Å². The number of halogens is 1. The van der Waals surface area contributed by atoms with Gasteiger partial charge in [0.15, 0.2) is 11.5 Å². The van der Waals surface area contributed by atoms with E-state index in [0.717, 1.165) is 6.07 Å². The van der Waals surface area contributed by atoms with Gasteiger partial charge < -0.3 is 15.5 Å². The van der Waals surface area contributed by atoms with Gasteiger partial charge in [0, 0.05) is 17.7 Å². The van der Waals surface area contributed by atoms with E-state index in [1.165, 1.54) is 18.2 Å². The summed E-state index contributed by atoms with van der Waals surface area (Å²) in [7, 11) is 0. The average Bonchev–Trinajstić information content (AvgIpc) is 2.40. The summed E-state index contributed by atoms with van der Waals surface area (Å²) in [5, 5.41) is 21.0. The van der Waals surface area contributed by atoms with Crippen LogP contribution in [0.4, 0.5) is 4.39 Å². The van der Waals surface area contributed by atoms with Gasteiger partial charge >= 0.3 is 0 Å². The van der Waals surface area contributed by atoms with Crippen LogP contribution in [0, 0.1) is 5.82 Å². The summed E-state index contributed by atoms with van der Waals surface area (Å²) in [6.07, 6.45) is 0. The lowest BCUT2D eigenvalue weighted by molar-refractivity contribution is 0.0950. The van der Waals surface area contributed by atoms with Crippen LogP contribution in [0.2, 0.25) is 0 Å². The van der Waals surface area contributed by atoms with Gasteiger partial charge in [0.1, 0.15) is 5.82 Å². The Bertz CT molecular complexity index is 613. The first kappa shape index (κ1) is 12.9. The highest BCUT2D eigenvalue weighted by atomic mass is 19.1. The van der Waals surface area contributed by atoms with Gasteiger partial charge in [-0.2, -0.15) is 0 Å². The molecule has 5 heteroatoms. The topological polar surface area (TPSA) is 69.6 Å². The van der Waals surface area contributed by atoms with E-state index in [1.54, 1.807) is 18.2 Å². The average molecular weight is 261 g/mol. The van der Waals surface area contributed by atoms with Crippen molar-refractivity contribution in [1.82, 2.24) is 5.32 Å². The Hall–Kier alpha value is -2.56. The van der Waals surface area contributed by atoms with Crippen LogP contribution in [0.3, 0.4) is 0 Å². The molecule has 0 saturated carbocycles. The first-order valence-electron chi connectivity index (χ1n) is 5.61. The van der Waals surface area contributed by atoms with E-state index in [2.05, 4.69) is 5.32 Å². The molecule has 1 amide bonds. The number of phenols is 2. The van der Waals surface area contributed by atoms with Gasteiger partial charge in [-0.1, -0.05) is 18.2 Å². The Morgan fingerprint density at radius 3 is 2.53 bits per heavy atom. The molecular formula is C14H12FNO3. The second-order valence-corrected chi connectivity index (χ2v) is 3.98. The number of carbonyl (C=O) groups excluding carboxylic acids is 1. The molecule has 0 radical (unpaired) electrons. The van der Waals surface area contributed by atoms with Crippen LogP contribution in [0.25, 0.3) is 0 Å². The zero-order valence-corrected chi connectivity index (χ0v) is 9.93. The quantitative estimate of drug-likeness (QED) is 0.741. The maximum absolute atomic E-state index is 13.3. The molecule has 0 spiro atoms. The lowest BCUT2D eigenvalue weighted by Gasteiger charge is -2.07. The lowest BCUT2D eigenvalue weighted by Crippen LogP contribution is -2.23. The molecule has 98 valence electrons. The van der Waals surface area contributed by atoms with Crippen molar-refractivity contribution in [2.75, 3.05) is 0 Å². The maximum Gasteiger partial charge on any atom is 0.251 e. The highest BCUT2D eigenvalue weighted by Crippen LogP contribution is 2.24. The minimum atomic E-state index is -0.460.